The topological polar surface area (TPSA) is 101 Å². The van der Waals surface area contributed by atoms with Crippen molar-refractivity contribution in [3.63, 3.8) is 0 Å². The van der Waals surface area contributed by atoms with Gasteiger partial charge in [-0.25, -0.2) is 0 Å². The Bertz CT molecular complexity index is 452. The van der Waals surface area contributed by atoms with Gasteiger partial charge in [-0.2, -0.15) is 4.89 Å². The summed E-state index contributed by atoms with van der Waals surface area (Å²) < 4.78 is 11.5. The highest BCUT2D eigenvalue weighted by Gasteiger charge is 2.45. The van der Waals surface area contributed by atoms with Gasteiger partial charge in [-0.3, -0.25) is 4.79 Å². The average Bonchev–Trinajstić information content (AvgIpc) is 2.42. The summed E-state index contributed by atoms with van der Waals surface area (Å²) in [4.78, 5) is 20.8. The van der Waals surface area contributed by atoms with E-state index in [1.807, 2.05) is 30.3 Å². The highest BCUT2D eigenvalue weighted by atomic mass is 31.1. The molecule has 0 saturated heterocycles. The number of carboxylic acid groups (broad SMARTS) is 1. The van der Waals surface area contributed by atoms with Gasteiger partial charge < -0.3 is 10.8 Å². The van der Waals surface area contributed by atoms with Gasteiger partial charge in [0.2, 0.25) is 5.66 Å². The normalized spacial score (nSPS) is 16.2. The average molecular weight is 298 g/mol. The number of aliphatic carboxylic acids is 1. The SMILES string of the molecule is CCC(N)C(C(CCc1ccccc1)C(=O)O)[P+](=O)O. The van der Waals surface area contributed by atoms with E-state index in [4.69, 9.17) is 5.73 Å². The smallest absolute Gasteiger partial charge is 0.481 e. The first kappa shape index (κ1) is 16.8. The molecule has 0 aliphatic rings. The molecule has 1 aromatic carbocycles. The first-order chi connectivity index (χ1) is 9.47. The van der Waals surface area contributed by atoms with Gasteiger partial charge in [-0.05, 0) is 29.4 Å². The van der Waals surface area contributed by atoms with Crippen LogP contribution in [0, 0.1) is 5.92 Å². The maximum Gasteiger partial charge on any atom is 0.511 e. The van der Waals surface area contributed by atoms with Crippen LogP contribution in [0.3, 0.4) is 0 Å². The van der Waals surface area contributed by atoms with Crippen LogP contribution in [0.5, 0.6) is 0 Å². The quantitative estimate of drug-likeness (QED) is 0.638. The van der Waals surface area contributed by atoms with Crippen molar-refractivity contribution >= 4 is 14.0 Å². The minimum absolute atomic E-state index is 0.305. The first-order valence-corrected chi connectivity index (χ1v) is 7.93. The molecule has 0 saturated carbocycles. The number of benzene rings is 1. The molecule has 4 atom stereocenters. The van der Waals surface area contributed by atoms with Crippen molar-refractivity contribution in [2.45, 2.75) is 37.9 Å². The summed E-state index contributed by atoms with van der Waals surface area (Å²) in [5, 5.41) is 9.32. The number of rotatable bonds is 8. The summed E-state index contributed by atoms with van der Waals surface area (Å²) in [6.07, 6.45) is 1.33. The van der Waals surface area contributed by atoms with Crippen LogP contribution in [0.25, 0.3) is 0 Å². The summed E-state index contributed by atoms with van der Waals surface area (Å²) in [5.74, 6) is -1.97. The molecule has 0 amide bonds. The lowest BCUT2D eigenvalue weighted by molar-refractivity contribution is -0.142. The van der Waals surface area contributed by atoms with Crippen LogP contribution in [-0.4, -0.2) is 27.7 Å². The van der Waals surface area contributed by atoms with E-state index in [2.05, 4.69) is 0 Å². The summed E-state index contributed by atoms with van der Waals surface area (Å²) in [6, 6.07) is 8.89. The first-order valence-electron chi connectivity index (χ1n) is 6.65. The van der Waals surface area contributed by atoms with Crippen LogP contribution in [0.15, 0.2) is 30.3 Å². The van der Waals surface area contributed by atoms with Crippen molar-refractivity contribution in [1.82, 2.24) is 0 Å². The molecule has 0 radical (unpaired) electrons. The zero-order valence-corrected chi connectivity index (χ0v) is 12.4. The number of nitrogens with two attached hydrogens (primary N) is 1. The standard InChI is InChI=1S/C14H20NO4P/c1-2-12(15)13(20(18)19)11(14(16)17)9-8-10-6-4-3-5-7-10/h3-7,11-13H,2,8-9,15H2,1H3,(H-,16,17,18,19)/p+1. The predicted octanol–water partition coefficient (Wildman–Crippen LogP) is 2.16. The molecular weight excluding hydrogens is 277 g/mol. The second-order valence-corrected chi connectivity index (χ2v) is 6.04. The molecule has 1 rings (SSSR count). The summed E-state index contributed by atoms with van der Waals surface area (Å²) in [5.41, 5.74) is 5.92. The minimum atomic E-state index is -2.62. The van der Waals surface area contributed by atoms with Gasteiger partial charge in [0.05, 0.1) is 6.04 Å². The Morgan fingerprint density at radius 1 is 1.35 bits per heavy atom. The van der Waals surface area contributed by atoms with Crippen molar-refractivity contribution in [1.29, 1.82) is 0 Å². The van der Waals surface area contributed by atoms with E-state index in [-0.39, 0.29) is 0 Å². The number of carboxylic acids is 1. The molecule has 0 bridgehead atoms. The Balaban J connectivity index is 2.82. The predicted molar refractivity (Wildman–Crippen MR) is 77.8 cm³/mol. The molecular formula is C14H21NO4P+. The molecule has 1 aromatic rings. The third kappa shape index (κ3) is 4.67. The third-order valence-electron chi connectivity index (χ3n) is 3.48. The minimum Gasteiger partial charge on any atom is -0.481 e. The number of hydrogen-bond acceptors (Lipinski definition) is 3. The van der Waals surface area contributed by atoms with Crippen molar-refractivity contribution in [2.75, 3.05) is 0 Å². The third-order valence-corrected chi connectivity index (χ3v) is 4.73. The van der Waals surface area contributed by atoms with E-state index in [0.29, 0.717) is 19.3 Å². The Morgan fingerprint density at radius 2 is 1.95 bits per heavy atom. The van der Waals surface area contributed by atoms with Gasteiger partial charge in [0, 0.05) is 0 Å². The fraction of sp³-hybridized carbons (Fsp3) is 0.500. The molecule has 5 nitrogen and oxygen atoms in total. The van der Waals surface area contributed by atoms with Crippen molar-refractivity contribution in [3.05, 3.63) is 35.9 Å². The molecule has 0 aliphatic carbocycles. The fourth-order valence-corrected chi connectivity index (χ4v) is 3.39. The van der Waals surface area contributed by atoms with E-state index >= 15 is 0 Å². The van der Waals surface area contributed by atoms with Gasteiger partial charge in [-0.1, -0.05) is 37.3 Å². The molecule has 110 valence electrons. The Morgan fingerprint density at radius 3 is 2.40 bits per heavy atom. The van der Waals surface area contributed by atoms with Gasteiger partial charge >= 0.3 is 14.0 Å². The summed E-state index contributed by atoms with van der Waals surface area (Å²) in [7, 11) is -2.62. The molecule has 0 aliphatic heterocycles. The fourth-order valence-electron chi connectivity index (χ4n) is 2.26. The lowest BCUT2D eigenvalue weighted by Crippen LogP contribution is -2.40. The molecule has 0 spiro atoms. The van der Waals surface area contributed by atoms with E-state index in [1.54, 1.807) is 6.92 Å². The largest absolute Gasteiger partial charge is 0.511 e. The molecule has 0 aromatic heterocycles. The van der Waals surface area contributed by atoms with E-state index < -0.39 is 31.6 Å². The van der Waals surface area contributed by atoms with Gasteiger partial charge in [0.15, 0.2) is 0 Å². The molecule has 0 heterocycles. The lowest BCUT2D eigenvalue weighted by atomic mass is 9.92. The Labute approximate surface area is 119 Å². The van der Waals surface area contributed by atoms with Crippen molar-refractivity contribution < 1.29 is 19.4 Å². The maximum absolute atomic E-state index is 11.5. The number of carbonyl (C=O) groups is 1. The van der Waals surface area contributed by atoms with E-state index in [9.17, 15) is 19.4 Å². The van der Waals surface area contributed by atoms with Crippen LogP contribution in [0.1, 0.15) is 25.3 Å². The van der Waals surface area contributed by atoms with Crippen LogP contribution in [0.2, 0.25) is 0 Å². The highest BCUT2D eigenvalue weighted by Crippen LogP contribution is 2.34. The van der Waals surface area contributed by atoms with Crippen LogP contribution >= 0.6 is 8.03 Å². The Kier molecular flexibility index (Phi) is 6.79. The van der Waals surface area contributed by atoms with Crippen LogP contribution in [0.4, 0.5) is 0 Å². The van der Waals surface area contributed by atoms with Crippen molar-refractivity contribution in [3.8, 4) is 0 Å². The van der Waals surface area contributed by atoms with Crippen LogP contribution in [-0.2, 0) is 15.8 Å². The second kappa shape index (κ2) is 8.10. The molecule has 20 heavy (non-hydrogen) atoms. The molecule has 0 fully saturated rings. The monoisotopic (exact) mass is 298 g/mol. The summed E-state index contributed by atoms with van der Waals surface area (Å²) in [6.45, 7) is 1.78. The zero-order valence-electron chi connectivity index (χ0n) is 11.5. The second-order valence-electron chi connectivity index (χ2n) is 4.83. The molecule has 6 heteroatoms. The zero-order chi connectivity index (χ0) is 15.1. The van der Waals surface area contributed by atoms with E-state index in [0.717, 1.165) is 5.56 Å². The van der Waals surface area contributed by atoms with E-state index in [1.165, 1.54) is 0 Å². The molecule has 4 unspecified atom stereocenters. The van der Waals surface area contributed by atoms with Crippen molar-refractivity contribution in [2.24, 2.45) is 11.7 Å². The van der Waals surface area contributed by atoms with Gasteiger partial charge in [0.1, 0.15) is 5.92 Å². The summed E-state index contributed by atoms with van der Waals surface area (Å²) >= 11 is 0. The van der Waals surface area contributed by atoms with Gasteiger partial charge in [0.25, 0.3) is 0 Å². The highest BCUT2D eigenvalue weighted by molar-refractivity contribution is 7.39. The maximum atomic E-state index is 11.5. The molecule has 4 N–H and O–H groups in total. The number of aryl methyl sites for hydroxylation is 1. The van der Waals surface area contributed by atoms with Crippen LogP contribution < -0.4 is 5.73 Å². The Hall–Kier alpha value is -1.29. The number of hydrogen-bond donors (Lipinski definition) is 3. The van der Waals surface area contributed by atoms with Gasteiger partial charge in [-0.15, -0.1) is 0 Å². The lowest BCUT2D eigenvalue weighted by Gasteiger charge is -2.19.